The number of carboxylic acid groups (broad SMARTS) is 1. The van der Waals surface area contributed by atoms with Gasteiger partial charge < -0.3 is 10.4 Å². The number of carboxylic acids is 1. The van der Waals surface area contributed by atoms with E-state index in [2.05, 4.69) is 5.32 Å². The quantitative estimate of drug-likeness (QED) is 0.840. The first-order chi connectivity index (χ1) is 7.82. The molecular weight excluding hydrogens is 218 g/mol. The third-order valence-corrected chi connectivity index (χ3v) is 2.79. The Hall–Kier alpha value is -1.84. The lowest BCUT2D eigenvalue weighted by Gasteiger charge is -2.17. The summed E-state index contributed by atoms with van der Waals surface area (Å²) in [5, 5.41) is 11.6. The van der Waals surface area contributed by atoms with Crippen molar-refractivity contribution < 1.29 is 14.7 Å². The fourth-order valence-electron chi connectivity index (χ4n) is 1.77. The second-order valence-corrected chi connectivity index (χ2v) is 4.26. The molecule has 4 heteroatoms. The van der Waals surface area contributed by atoms with Crippen LogP contribution in [-0.4, -0.2) is 17.0 Å². The Balaban J connectivity index is 3.23. The first-order valence-corrected chi connectivity index (χ1v) is 5.40. The smallest absolute Gasteiger partial charge is 0.330 e. The predicted molar refractivity (Wildman–Crippen MR) is 64.8 cm³/mol. The summed E-state index contributed by atoms with van der Waals surface area (Å²) in [6.07, 6.45) is 0. The van der Waals surface area contributed by atoms with Crippen LogP contribution in [0.5, 0.6) is 0 Å². The first kappa shape index (κ1) is 13.2. The summed E-state index contributed by atoms with van der Waals surface area (Å²) in [5.41, 5.74) is 3.63. The maximum atomic E-state index is 11.2. The molecule has 92 valence electrons. The van der Waals surface area contributed by atoms with Gasteiger partial charge in [-0.3, -0.25) is 4.79 Å². The molecule has 4 nitrogen and oxygen atoms in total. The summed E-state index contributed by atoms with van der Waals surface area (Å²) in [6.45, 7) is 7.05. The number of aryl methyl sites for hydroxylation is 3. The van der Waals surface area contributed by atoms with E-state index in [1.165, 1.54) is 6.92 Å². The minimum Gasteiger partial charge on any atom is -0.479 e. The van der Waals surface area contributed by atoms with E-state index in [0.717, 1.165) is 16.7 Å². The molecule has 0 bridgehead atoms. The Morgan fingerprint density at radius 3 is 2.12 bits per heavy atom. The second-order valence-electron chi connectivity index (χ2n) is 4.26. The van der Waals surface area contributed by atoms with E-state index in [1.807, 2.05) is 32.9 Å². The molecule has 0 spiro atoms. The standard InChI is InChI=1S/C13H17NO3/c1-7-5-9(3)11(6-8(7)2)12(13(16)17)14-10(4)15/h5-6,12H,1-4H3,(H,14,15)(H,16,17). The van der Waals surface area contributed by atoms with Crippen molar-refractivity contribution in [1.82, 2.24) is 5.32 Å². The van der Waals surface area contributed by atoms with Gasteiger partial charge in [-0.1, -0.05) is 12.1 Å². The largest absolute Gasteiger partial charge is 0.479 e. The molecule has 0 saturated carbocycles. The van der Waals surface area contributed by atoms with Gasteiger partial charge in [0.1, 0.15) is 0 Å². The molecule has 1 aromatic rings. The maximum Gasteiger partial charge on any atom is 0.330 e. The van der Waals surface area contributed by atoms with Gasteiger partial charge in [-0.05, 0) is 43.0 Å². The molecule has 1 amide bonds. The predicted octanol–water partition coefficient (Wildman–Crippen LogP) is 1.87. The number of rotatable bonds is 3. The molecule has 0 heterocycles. The molecule has 0 aromatic heterocycles. The van der Waals surface area contributed by atoms with Crippen LogP contribution in [0.2, 0.25) is 0 Å². The van der Waals surface area contributed by atoms with Crippen molar-refractivity contribution in [3.63, 3.8) is 0 Å². The van der Waals surface area contributed by atoms with Gasteiger partial charge in [-0.15, -0.1) is 0 Å². The number of hydrogen-bond donors (Lipinski definition) is 2. The van der Waals surface area contributed by atoms with Crippen molar-refractivity contribution in [1.29, 1.82) is 0 Å². The van der Waals surface area contributed by atoms with Gasteiger partial charge in [0.25, 0.3) is 0 Å². The number of carbonyl (C=O) groups is 2. The van der Waals surface area contributed by atoms with Crippen LogP contribution in [0.3, 0.4) is 0 Å². The summed E-state index contributed by atoms with van der Waals surface area (Å²) >= 11 is 0. The summed E-state index contributed by atoms with van der Waals surface area (Å²) < 4.78 is 0. The van der Waals surface area contributed by atoms with E-state index in [4.69, 9.17) is 5.11 Å². The molecule has 1 rings (SSSR count). The zero-order chi connectivity index (χ0) is 13.2. The van der Waals surface area contributed by atoms with Gasteiger partial charge in [-0.2, -0.15) is 0 Å². The monoisotopic (exact) mass is 235 g/mol. The van der Waals surface area contributed by atoms with E-state index in [9.17, 15) is 9.59 Å². The molecule has 0 saturated heterocycles. The number of aliphatic carboxylic acids is 1. The van der Waals surface area contributed by atoms with Gasteiger partial charge in [-0.25, -0.2) is 4.79 Å². The van der Waals surface area contributed by atoms with Crippen molar-refractivity contribution in [3.8, 4) is 0 Å². The Labute approximate surface area is 101 Å². The van der Waals surface area contributed by atoms with Gasteiger partial charge in [0, 0.05) is 6.92 Å². The Kier molecular flexibility index (Phi) is 3.89. The van der Waals surface area contributed by atoms with Crippen molar-refractivity contribution >= 4 is 11.9 Å². The minimum absolute atomic E-state index is 0.352. The normalized spacial score (nSPS) is 12.0. The molecule has 0 aliphatic heterocycles. The van der Waals surface area contributed by atoms with Crippen LogP contribution in [-0.2, 0) is 9.59 Å². The lowest BCUT2D eigenvalue weighted by atomic mass is 9.96. The Morgan fingerprint density at radius 1 is 1.12 bits per heavy atom. The third kappa shape index (κ3) is 3.06. The van der Waals surface area contributed by atoms with Gasteiger partial charge in [0.15, 0.2) is 6.04 Å². The molecule has 2 N–H and O–H groups in total. The summed E-state index contributed by atoms with van der Waals surface area (Å²) in [5.74, 6) is -1.40. The molecule has 0 radical (unpaired) electrons. The molecule has 17 heavy (non-hydrogen) atoms. The van der Waals surface area contributed by atoms with E-state index in [-0.39, 0.29) is 5.91 Å². The summed E-state index contributed by atoms with van der Waals surface area (Å²) in [6, 6.07) is 2.77. The van der Waals surface area contributed by atoms with E-state index >= 15 is 0 Å². The zero-order valence-electron chi connectivity index (χ0n) is 10.5. The fraction of sp³-hybridized carbons (Fsp3) is 0.385. The van der Waals surface area contributed by atoms with Crippen molar-refractivity contribution in [3.05, 3.63) is 34.4 Å². The van der Waals surface area contributed by atoms with Crippen LogP contribution in [0.4, 0.5) is 0 Å². The molecule has 0 fully saturated rings. The van der Waals surface area contributed by atoms with E-state index in [0.29, 0.717) is 5.56 Å². The number of amides is 1. The zero-order valence-corrected chi connectivity index (χ0v) is 10.5. The second kappa shape index (κ2) is 4.99. The SMILES string of the molecule is CC(=O)NC(C(=O)O)c1cc(C)c(C)cc1C. The molecule has 1 unspecified atom stereocenters. The molecule has 0 aliphatic carbocycles. The van der Waals surface area contributed by atoms with Crippen LogP contribution in [0, 0.1) is 20.8 Å². The third-order valence-electron chi connectivity index (χ3n) is 2.79. The Bertz CT molecular complexity index is 466. The highest BCUT2D eigenvalue weighted by Gasteiger charge is 2.22. The number of nitrogens with one attached hydrogen (secondary N) is 1. The van der Waals surface area contributed by atoms with E-state index < -0.39 is 12.0 Å². The average molecular weight is 235 g/mol. The first-order valence-electron chi connectivity index (χ1n) is 5.40. The van der Waals surface area contributed by atoms with Gasteiger partial charge in [0.2, 0.25) is 5.91 Å². The van der Waals surface area contributed by atoms with Gasteiger partial charge >= 0.3 is 5.97 Å². The number of carbonyl (C=O) groups excluding carboxylic acids is 1. The summed E-state index contributed by atoms with van der Waals surface area (Å²) in [4.78, 5) is 22.2. The minimum atomic E-state index is -1.05. The fourth-order valence-corrected chi connectivity index (χ4v) is 1.77. The van der Waals surface area contributed by atoms with Crippen LogP contribution < -0.4 is 5.32 Å². The lowest BCUT2D eigenvalue weighted by molar-refractivity contribution is -0.141. The highest BCUT2D eigenvalue weighted by Crippen LogP contribution is 2.22. The Morgan fingerprint density at radius 2 is 1.65 bits per heavy atom. The molecular formula is C13H17NO3. The highest BCUT2D eigenvalue weighted by atomic mass is 16.4. The van der Waals surface area contributed by atoms with Crippen molar-refractivity contribution in [2.75, 3.05) is 0 Å². The number of hydrogen-bond acceptors (Lipinski definition) is 2. The van der Waals surface area contributed by atoms with E-state index in [1.54, 1.807) is 0 Å². The van der Waals surface area contributed by atoms with Gasteiger partial charge in [0.05, 0.1) is 0 Å². The highest BCUT2D eigenvalue weighted by molar-refractivity contribution is 5.83. The maximum absolute atomic E-state index is 11.2. The van der Waals surface area contributed by atoms with Crippen LogP contribution >= 0.6 is 0 Å². The van der Waals surface area contributed by atoms with Crippen molar-refractivity contribution in [2.24, 2.45) is 0 Å². The molecule has 1 aromatic carbocycles. The molecule has 0 aliphatic rings. The van der Waals surface area contributed by atoms with Crippen LogP contribution in [0.25, 0.3) is 0 Å². The summed E-state index contributed by atoms with van der Waals surface area (Å²) in [7, 11) is 0. The van der Waals surface area contributed by atoms with Crippen molar-refractivity contribution in [2.45, 2.75) is 33.7 Å². The topological polar surface area (TPSA) is 66.4 Å². The molecule has 1 atom stereocenters. The van der Waals surface area contributed by atoms with Crippen LogP contribution in [0.1, 0.15) is 35.2 Å². The average Bonchev–Trinajstić information content (AvgIpc) is 2.20. The lowest BCUT2D eigenvalue weighted by Crippen LogP contribution is -2.32. The van der Waals surface area contributed by atoms with Crippen LogP contribution in [0.15, 0.2) is 12.1 Å². The number of benzene rings is 1.